The topological polar surface area (TPSA) is 65.1 Å². The first-order valence-electron chi connectivity index (χ1n) is 5.64. The molecule has 18 heavy (non-hydrogen) atoms. The zero-order valence-corrected chi connectivity index (χ0v) is 9.46. The largest absolute Gasteiger partial charge is 0.478 e. The maximum atomic E-state index is 13.2. The van der Waals surface area contributed by atoms with Gasteiger partial charge in [0.25, 0.3) is 0 Å². The van der Waals surface area contributed by atoms with Gasteiger partial charge in [-0.3, -0.25) is 0 Å². The summed E-state index contributed by atoms with van der Waals surface area (Å²) in [7, 11) is 0. The molecule has 3 rings (SSSR count). The normalized spacial score (nSPS) is 14.6. The molecule has 0 aliphatic carbocycles. The van der Waals surface area contributed by atoms with Crippen molar-refractivity contribution in [2.24, 2.45) is 0 Å². The molecular formula is C13H11FN2O2. The van der Waals surface area contributed by atoms with E-state index in [9.17, 15) is 14.3 Å². The van der Waals surface area contributed by atoms with Crippen molar-refractivity contribution in [3.05, 3.63) is 41.5 Å². The van der Waals surface area contributed by atoms with Gasteiger partial charge in [0, 0.05) is 23.6 Å². The van der Waals surface area contributed by atoms with Gasteiger partial charge in [-0.1, -0.05) is 0 Å². The lowest BCUT2D eigenvalue weighted by Gasteiger charge is -1.99. The van der Waals surface area contributed by atoms with Crippen LogP contribution < -0.4 is 5.32 Å². The number of carboxylic acids is 1. The molecule has 0 fully saturated rings. The number of halogens is 1. The number of rotatable bonds is 1. The van der Waals surface area contributed by atoms with Gasteiger partial charge in [-0.15, -0.1) is 0 Å². The fourth-order valence-corrected chi connectivity index (χ4v) is 2.33. The molecule has 1 aromatic heterocycles. The molecule has 92 valence electrons. The van der Waals surface area contributed by atoms with Gasteiger partial charge in [-0.05, 0) is 30.2 Å². The van der Waals surface area contributed by atoms with E-state index in [4.69, 9.17) is 0 Å². The molecule has 0 spiro atoms. The summed E-state index contributed by atoms with van der Waals surface area (Å²) in [6.45, 7) is 0.661. The Bertz CT molecular complexity index is 673. The monoisotopic (exact) mass is 246 g/mol. The third kappa shape index (κ3) is 1.55. The van der Waals surface area contributed by atoms with Gasteiger partial charge in [0.1, 0.15) is 5.82 Å². The Morgan fingerprint density at radius 2 is 2.22 bits per heavy atom. The van der Waals surface area contributed by atoms with E-state index in [0.29, 0.717) is 24.2 Å². The van der Waals surface area contributed by atoms with Crippen molar-refractivity contribution in [3.63, 3.8) is 0 Å². The third-order valence-electron chi connectivity index (χ3n) is 3.13. The Morgan fingerprint density at radius 3 is 3.00 bits per heavy atom. The highest BCUT2D eigenvalue weighted by Gasteiger charge is 2.21. The lowest BCUT2D eigenvalue weighted by Crippen LogP contribution is -2.08. The quantitative estimate of drug-likeness (QED) is 0.719. The first kappa shape index (κ1) is 10.8. The van der Waals surface area contributed by atoms with Crippen molar-refractivity contribution in [3.8, 4) is 0 Å². The number of carboxylic acid groups (broad SMARTS) is 1. The molecule has 0 saturated carbocycles. The molecule has 0 atom stereocenters. The van der Waals surface area contributed by atoms with Crippen LogP contribution >= 0.6 is 0 Å². The van der Waals surface area contributed by atoms with Gasteiger partial charge in [0.2, 0.25) is 0 Å². The van der Waals surface area contributed by atoms with Crippen LogP contribution in [-0.4, -0.2) is 22.6 Å². The molecule has 3 N–H and O–H groups in total. The van der Waals surface area contributed by atoms with Crippen LogP contribution in [0.5, 0.6) is 0 Å². The first-order chi connectivity index (χ1) is 8.66. The van der Waals surface area contributed by atoms with Crippen molar-refractivity contribution < 1.29 is 14.3 Å². The van der Waals surface area contributed by atoms with E-state index in [0.717, 1.165) is 10.9 Å². The second-order valence-corrected chi connectivity index (χ2v) is 4.24. The zero-order chi connectivity index (χ0) is 12.7. The fourth-order valence-electron chi connectivity index (χ4n) is 2.33. The van der Waals surface area contributed by atoms with Gasteiger partial charge >= 0.3 is 5.97 Å². The summed E-state index contributed by atoms with van der Waals surface area (Å²) in [5.41, 5.74) is 2.30. The highest BCUT2D eigenvalue weighted by atomic mass is 19.1. The minimum atomic E-state index is -1.00. The lowest BCUT2D eigenvalue weighted by atomic mass is 10.0. The van der Waals surface area contributed by atoms with Gasteiger partial charge in [-0.2, -0.15) is 0 Å². The van der Waals surface area contributed by atoms with E-state index in [-0.39, 0.29) is 11.4 Å². The van der Waals surface area contributed by atoms with E-state index >= 15 is 0 Å². The van der Waals surface area contributed by atoms with Crippen molar-refractivity contribution in [2.75, 3.05) is 6.54 Å². The highest BCUT2D eigenvalue weighted by molar-refractivity contribution is 6.16. The Morgan fingerprint density at radius 1 is 1.39 bits per heavy atom. The van der Waals surface area contributed by atoms with Crippen LogP contribution in [0, 0.1) is 5.82 Å². The highest BCUT2D eigenvalue weighted by Crippen LogP contribution is 2.29. The molecule has 1 aromatic carbocycles. The van der Waals surface area contributed by atoms with Crippen LogP contribution in [0.15, 0.2) is 24.4 Å². The van der Waals surface area contributed by atoms with Crippen LogP contribution in [-0.2, 0) is 11.2 Å². The minimum Gasteiger partial charge on any atom is -0.478 e. The Labute approximate surface area is 102 Å². The summed E-state index contributed by atoms with van der Waals surface area (Å²) in [6, 6.07) is 4.46. The van der Waals surface area contributed by atoms with Crippen molar-refractivity contribution in [2.45, 2.75) is 6.42 Å². The predicted molar refractivity (Wildman–Crippen MR) is 65.6 cm³/mol. The number of fused-ring (bicyclic) bond motifs is 3. The molecule has 0 amide bonds. The fraction of sp³-hybridized carbons (Fsp3) is 0.154. The predicted octanol–water partition coefficient (Wildman–Crippen LogP) is 1.88. The van der Waals surface area contributed by atoms with Crippen LogP contribution in [0.1, 0.15) is 11.3 Å². The van der Waals surface area contributed by atoms with Crippen LogP contribution in [0.25, 0.3) is 16.5 Å². The second kappa shape index (κ2) is 3.87. The average Bonchev–Trinajstić information content (AvgIpc) is 2.53. The van der Waals surface area contributed by atoms with Crippen molar-refractivity contribution in [1.29, 1.82) is 0 Å². The van der Waals surface area contributed by atoms with Gasteiger partial charge in [0.15, 0.2) is 0 Å². The van der Waals surface area contributed by atoms with E-state index in [2.05, 4.69) is 10.3 Å². The summed E-state index contributed by atoms with van der Waals surface area (Å²) in [6.07, 6.45) is 2.19. The van der Waals surface area contributed by atoms with Crippen LogP contribution in [0.3, 0.4) is 0 Å². The van der Waals surface area contributed by atoms with Crippen molar-refractivity contribution in [1.82, 2.24) is 10.3 Å². The molecule has 5 heteroatoms. The Kier molecular flexibility index (Phi) is 2.33. The van der Waals surface area contributed by atoms with E-state index in [1.165, 1.54) is 18.3 Å². The molecule has 1 aliphatic heterocycles. The number of aromatic nitrogens is 1. The molecule has 4 nitrogen and oxygen atoms in total. The second-order valence-electron chi connectivity index (χ2n) is 4.24. The number of aliphatic carboxylic acids is 1. The standard InChI is InChI=1S/C13H11FN2O2/c14-7-1-2-8-9-3-4-15-6-10(13(17)18)12(9)16-11(8)5-7/h1-2,5-6,15-16H,3-4H2,(H,17,18). The number of carbonyl (C=O) groups is 1. The lowest BCUT2D eigenvalue weighted by molar-refractivity contribution is -0.130. The minimum absolute atomic E-state index is 0.180. The van der Waals surface area contributed by atoms with Crippen LogP contribution in [0.4, 0.5) is 4.39 Å². The van der Waals surface area contributed by atoms with E-state index in [1.807, 2.05) is 0 Å². The smallest absolute Gasteiger partial charge is 0.339 e. The molecule has 0 unspecified atom stereocenters. The van der Waals surface area contributed by atoms with Gasteiger partial charge in [-0.25, -0.2) is 9.18 Å². The number of aromatic amines is 1. The average molecular weight is 246 g/mol. The molecule has 0 saturated heterocycles. The van der Waals surface area contributed by atoms with Crippen molar-refractivity contribution >= 4 is 22.4 Å². The van der Waals surface area contributed by atoms with Gasteiger partial charge in [0.05, 0.1) is 11.3 Å². The SMILES string of the molecule is O=C(O)C1=CNCCc2c1[nH]c1cc(F)ccc21. The third-order valence-corrected chi connectivity index (χ3v) is 3.13. The van der Waals surface area contributed by atoms with Crippen LogP contribution in [0.2, 0.25) is 0 Å². The Balaban J connectivity index is 2.30. The number of hydrogen-bond acceptors (Lipinski definition) is 2. The number of benzene rings is 1. The number of hydrogen-bond donors (Lipinski definition) is 3. The Hall–Kier alpha value is -2.30. The maximum Gasteiger partial charge on any atom is 0.339 e. The molecule has 2 heterocycles. The zero-order valence-electron chi connectivity index (χ0n) is 9.46. The molecule has 2 aromatic rings. The van der Waals surface area contributed by atoms with Gasteiger partial charge < -0.3 is 15.4 Å². The van der Waals surface area contributed by atoms with E-state index in [1.54, 1.807) is 6.07 Å². The summed E-state index contributed by atoms with van der Waals surface area (Å²) in [5.74, 6) is -1.34. The molecule has 1 aliphatic rings. The summed E-state index contributed by atoms with van der Waals surface area (Å²) in [5, 5.41) is 13.0. The summed E-state index contributed by atoms with van der Waals surface area (Å²) < 4.78 is 13.2. The maximum absolute atomic E-state index is 13.2. The number of H-pyrrole nitrogens is 1. The van der Waals surface area contributed by atoms with E-state index < -0.39 is 5.97 Å². The number of nitrogens with one attached hydrogen (secondary N) is 2. The first-order valence-corrected chi connectivity index (χ1v) is 5.64. The molecule has 0 radical (unpaired) electrons. The summed E-state index contributed by atoms with van der Waals surface area (Å²) >= 11 is 0. The molecule has 0 bridgehead atoms. The summed E-state index contributed by atoms with van der Waals surface area (Å²) in [4.78, 5) is 14.2. The molecular weight excluding hydrogens is 235 g/mol.